The van der Waals surface area contributed by atoms with Gasteiger partial charge in [0.2, 0.25) is 0 Å². The number of H-pyrrole nitrogens is 1. The van der Waals surface area contributed by atoms with Crippen molar-refractivity contribution in [3.63, 3.8) is 0 Å². The van der Waals surface area contributed by atoms with Crippen LogP contribution < -0.4 is 10.9 Å². The maximum absolute atomic E-state index is 11.6. The Balaban J connectivity index is 3.14. The van der Waals surface area contributed by atoms with Gasteiger partial charge in [-0.15, -0.1) is 0 Å². The molecule has 1 aromatic rings. The van der Waals surface area contributed by atoms with E-state index in [1.807, 2.05) is 20.8 Å². The maximum Gasteiger partial charge on any atom is 0.255 e. The quantitative estimate of drug-likeness (QED) is 0.758. The predicted octanol–water partition coefficient (Wildman–Crippen LogP) is 1.06. The van der Waals surface area contributed by atoms with E-state index >= 15 is 0 Å². The number of aryl methyl sites for hydroxylation is 2. The van der Waals surface area contributed by atoms with Gasteiger partial charge in [-0.05, 0) is 27.3 Å². The summed E-state index contributed by atoms with van der Waals surface area (Å²) < 4.78 is 0. The van der Waals surface area contributed by atoms with Gasteiger partial charge in [0, 0.05) is 11.7 Å². The number of aromatic amines is 1. The van der Waals surface area contributed by atoms with Crippen molar-refractivity contribution in [2.24, 2.45) is 0 Å². The molecule has 78 valence electrons. The SMILES string of the molecule is CCNC(C)c1c(C)nc(C)[nH]c1=O. The number of nitrogens with zero attached hydrogens (tertiary/aromatic N) is 1. The Bertz CT molecular complexity index is 370. The first-order chi connectivity index (χ1) is 6.56. The third kappa shape index (κ3) is 2.20. The second-order valence-corrected chi connectivity index (χ2v) is 3.43. The molecule has 4 heteroatoms. The van der Waals surface area contributed by atoms with Crippen LogP contribution in [0.5, 0.6) is 0 Å². The van der Waals surface area contributed by atoms with Gasteiger partial charge in [0.25, 0.3) is 5.56 Å². The van der Waals surface area contributed by atoms with Crippen molar-refractivity contribution in [3.8, 4) is 0 Å². The lowest BCUT2D eigenvalue weighted by Crippen LogP contribution is -2.27. The van der Waals surface area contributed by atoms with E-state index < -0.39 is 0 Å². The number of hydrogen-bond acceptors (Lipinski definition) is 3. The molecule has 0 aliphatic rings. The lowest BCUT2D eigenvalue weighted by atomic mass is 10.1. The van der Waals surface area contributed by atoms with E-state index in [0.29, 0.717) is 5.82 Å². The van der Waals surface area contributed by atoms with Crippen LogP contribution in [-0.4, -0.2) is 16.5 Å². The molecule has 1 heterocycles. The molecule has 0 radical (unpaired) electrons. The molecule has 4 nitrogen and oxygen atoms in total. The Morgan fingerprint density at radius 3 is 2.64 bits per heavy atom. The Hall–Kier alpha value is -1.16. The van der Waals surface area contributed by atoms with E-state index in [1.54, 1.807) is 6.92 Å². The number of nitrogens with one attached hydrogen (secondary N) is 2. The average Bonchev–Trinajstić information content (AvgIpc) is 2.01. The van der Waals surface area contributed by atoms with Crippen molar-refractivity contribution in [1.29, 1.82) is 0 Å². The van der Waals surface area contributed by atoms with Crippen LogP contribution in [0.15, 0.2) is 4.79 Å². The molecule has 0 amide bonds. The minimum atomic E-state index is -0.0385. The van der Waals surface area contributed by atoms with Crippen molar-refractivity contribution < 1.29 is 0 Å². The molecule has 0 aliphatic carbocycles. The highest BCUT2D eigenvalue weighted by Gasteiger charge is 2.12. The summed E-state index contributed by atoms with van der Waals surface area (Å²) >= 11 is 0. The zero-order chi connectivity index (χ0) is 10.7. The smallest absolute Gasteiger partial charge is 0.255 e. The first-order valence-electron chi connectivity index (χ1n) is 4.87. The van der Waals surface area contributed by atoms with E-state index in [-0.39, 0.29) is 11.6 Å². The molecule has 1 aromatic heterocycles. The van der Waals surface area contributed by atoms with Gasteiger partial charge in [0.15, 0.2) is 0 Å². The largest absolute Gasteiger partial charge is 0.310 e. The van der Waals surface area contributed by atoms with Crippen molar-refractivity contribution >= 4 is 0 Å². The fraction of sp³-hybridized carbons (Fsp3) is 0.600. The summed E-state index contributed by atoms with van der Waals surface area (Å²) in [5, 5.41) is 3.20. The predicted molar refractivity (Wildman–Crippen MR) is 56.4 cm³/mol. The van der Waals surface area contributed by atoms with Crippen LogP contribution in [0.3, 0.4) is 0 Å². The fourth-order valence-electron chi connectivity index (χ4n) is 1.65. The van der Waals surface area contributed by atoms with Crippen molar-refractivity contribution in [2.75, 3.05) is 6.54 Å². The van der Waals surface area contributed by atoms with Crippen LogP contribution in [0.1, 0.15) is 37.0 Å². The van der Waals surface area contributed by atoms with E-state index in [0.717, 1.165) is 17.8 Å². The number of hydrogen-bond donors (Lipinski definition) is 2. The molecular weight excluding hydrogens is 178 g/mol. The fourth-order valence-corrected chi connectivity index (χ4v) is 1.65. The molecule has 0 saturated heterocycles. The monoisotopic (exact) mass is 195 g/mol. The summed E-state index contributed by atoms with van der Waals surface area (Å²) in [6.45, 7) is 8.48. The maximum atomic E-state index is 11.6. The molecule has 0 fully saturated rings. The van der Waals surface area contributed by atoms with Crippen LogP contribution in [-0.2, 0) is 0 Å². The first-order valence-corrected chi connectivity index (χ1v) is 4.87. The van der Waals surface area contributed by atoms with Crippen LogP contribution in [0, 0.1) is 13.8 Å². The zero-order valence-electron chi connectivity index (χ0n) is 9.14. The molecule has 1 rings (SSSR count). The number of aromatic nitrogens is 2. The molecule has 0 aliphatic heterocycles. The lowest BCUT2D eigenvalue weighted by Gasteiger charge is -2.13. The van der Waals surface area contributed by atoms with E-state index in [9.17, 15) is 4.79 Å². The van der Waals surface area contributed by atoms with Gasteiger partial charge in [-0.1, -0.05) is 6.92 Å². The molecule has 0 bridgehead atoms. The first kappa shape index (κ1) is 10.9. The second-order valence-electron chi connectivity index (χ2n) is 3.43. The molecule has 1 atom stereocenters. The summed E-state index contributed by atoms with van der Waals surface area (Å²) in [6.07, 6.45) is 0. The summed E-state index contributed by atoms with van der Waals surface area (Å²) in [5.74, 6) is 0.667. The van der Waals surface area contributed by atoms with E-state index in [4.69, 9.17) is 0 Å². The molecule has 1 unspecified atom stereocenters. The van der Waals surface area contributed by atoms with Gasteiger partial charge in [-0.3, -0.25) is 4.79 Å². The van der Waals surface area contributed by atoms with E-state index in [1.165, 1.54) is 0 Å². The standard InChI is InChI=1S/C10H17N3O/c1-5-11-6(2)9-7(3)12-8(4)13-10(9)14/h6,11H,5H2,1-4H3,(H,12,13,14). The highest BCUT2D eigenvalue weighted by Crippen LogP contribution is 2.09. The topological polar surface area (TPSA) is 57.8 Å². The minimum absolute atomic E-state index is 0.0385. The Morgan fingerprint density at radius 2 is 2.14 bits per heavy atom. The lowest BCUT2D eigenvalue weighted by molar-refractivity contribution is 0.584. The molecule has 0 saturated carbocycles. The normalized spacial score (nSPS) is 12.9. The van der Waals surface area contributed by atoms with Gasteiger partial charge in [0.05, 0.1) is 5.56 Å². The van der Waals surface area contributed by atoms with Gasteiger partial charge < -0.3 is 10.3 Å². The van der Waals surface area contributed by atoms with Crippen LogP contribution >= 0.6 is 0 Å². The third-order valence-electron chi connectivity index (χ3n) is 2.21. The van der Waals surface area contributed by atoms with Crippen LogP contribution in [0.25, 0.3) is 0 Å². The van der Waals surface area contributed by atoms with Crippen molar-refractivity contribution in [3.05, 3.63) is 27.4 Å². The molecule has 0 aromatic carbocycles. The Morgan fingerprint density at radius 1 is 1.50 bits per heavy atom. The van der Waals surface area contributed by atoms with Crippen LogP contribution in [0.4, 0.5) is 0 Å². The van der Waals surface area contributed by atoms with Gasteiger partial charge in [-0.2, -0.15) is 0 Å². The summed E-state index contributed by atoms with van der Waals surface area (Å²) in [7, 11) is 0. The molecule has 14 heavy (non-hydrogen) atoms. The van der Waals surface area contributed by atoms with Crippen molar-refractivity contribution in [2.45, 2.75) is 33.7 Å². The summed E-state index contributed by atoms with van der Waals surface area (Å²) in [4.78, 5) is 18.6. The summed E-state index contributed by atoms with van der Waals surface area (Å²) in [6, 6.07) is 0.0526. The zero-order valence-corrected chi connectivity index (χ0v) is 9.14. The highest BCUT2D eigenvalue weighted by atomic mass is 16.1. The average molecular weight is 195 g/mol. The highest BCUT2D eigenvalue weighted by molar-refractivity contribution is 5.19. The number of rotatable bonds is 3. The van der Waals surface area contributed by atoms with E-state index in [2.05, 4.69) is 15.3 Å². The third-order valence-corrected chi connectivity index (χ3v) is 2.21. The second kappa shape index (κ2) is 4.37. The Kier molecular flexibility index (Phi) is 3.41. The summed E-state index contributed by atoms with van der Waals surface area (Å²) in [5.41, 5.74) is 1.50. The molecule has 0 spiro atoms. The molecule has 2 N–H and O–H groups in total. The Labute approximate surface area is 83.8 Å². The van der Waals surface area contributed by atoms with Crippen molar-refractivity contribution in [1.82, 2.24) is 15.3 Å². The van der Waals surface area contributed by atoms with Crippen LogP contribution in [0.2, 0.25) is 0 Å². The molecular formula is C10H17N3O. The minimum Gasteiger partial charge on any atom is -0.310 e. The van der Waals surface area contributed by atoms with Gasteiger partial charge in [0.1, 0.15) is 5.82 Å². The van der Waals surface area contributed by atoms with Gasteiger partial charge in [-0.25, -0.2) is 4.98 Å². The van der Waals surface area contributed by atoms with Gasteiger partial charge >= 0.3 is 0 Å².